The number of benzene rings is 1. The minimum Gasteiger partial charge on any atom is -0.341 e. The summed E-state index contributed by atoms with van der Waals surface area (Å²) in [6.07, 6.45) is 1.58. The van der Waals surface area contributed by atoms with Crippen molar-refractivity contribution in [2.45, 2.75) is 51.5 Å². The summed E-state index contributed by atoms with van der Waals surface area (Å²) in [7, 11) is -4.12. The zero-order valence-electron chi connectivity index (χ0n) is 14.8. The Morgan fingerprint density at radius 2 is 1.71 bits per heavy atom. The maximum absolute atomic E-state index is 13.8. The van der Waals surface area contributed by atoms with Crippen molar-refractivity contribution in [1.29, 1.82) is 0 Å². The predicted octanol–water partition coefficient (Wildman–Crippen LogP) is 2.78. The Kier molecular flexibility index (Phi) is 7.83. The molecule has 0 aliphatic heterocycles. The molecular weight excluding hydrogens is 331 g/mol. The van der Waals surface area contributed by atoms with Crippen LogP contribution in [0.15, 0.2) is 29.2 Å². The summed E-state index contributed by atoms with van der Waals surface area (Å²) in [5, 5.41) is 0. The zero-order chi connectivity index (χ0) is 18.3. The maximum atomic E-state index is 13.8. The van der Waals surface area contributed by atoms with E-state index in [4.69, 9.17) is 0 Å². The van der Waals surface area contributed by atoms with Gasteiger partial charge in [-0.3, -0.25) is 4.79 Å². The lowest BCUT2D eigenvalue weighted by Gasteiger charge is -2.29. The number of hydrogen-bond acceptors (Lipinski definition) is 3. The number of carbonyl (C=O) groups excluding carboxylic acids is 1. The predicted molar refractivity (Wildman–Crippen MR) is 92.5 cm³/mol. The van der Waals surface area contributed by atoms with E-state index in [0.717, 1.165) is 18.9 Å². The van der Waals surface area contributed by atoms with Crippen LogP contribution in [0.2, 0.25) is 0 Å². The van der Waals surface area contributed by atoms with Crippen molar-refractivity contribution >= 4 is 15.9 Å². The summed E-state index contributed by atoms with van der Waals surface area (Å²) in [5.74, 6) is -1.36. The highest BCUT2D eigenvalue weighted by atomic mass is 32.2. The van der Waals surface area contributed by atoms with E-state index in [1.807, 2.05) is 13.8 Å². The van der Waals surface area contributed by atoms with Gasteiger partial charge in [-0.05, 0) is 30.9 Å². The molecule has 1 N–H and O–H groups in total. The number of rotatable bonds is 9. The van der Waals surface area contributed by atoms with Crippen LogP contribution in [0.5, 0.6) is 0 Å². The largest absolute Gasteiger partial charge is 0.341 e. The number of nitrogens with one attached hydrogen (secondary N) is 1. The average molecular weight is 358 g/mol. The second-order valence-corrected chi connectivity index (χ2v) is 7.78. The highest BCUT2D eigenvalue weighted by Crippen LogP contribution is 2.16. The first kappa shape index (κ1) is 20.6. The van der Waals surface area contributed by atoms with Gasteiger partial charge in [-0.15, -0.1) is 0 Å². The molecule has 7 heteroatoms. The lowest BCUT2D eigenvalue weighted by atomic mass is 10.0. The fourth-order valence-corrected chi connectivity index (χ4v) is 3.85. The molecule has 0 aliphatic carbocycles. The van der Waals surface area contributed by atoms with E-state index in [2.05, 4.69) is 4.72 Å². The van der Waals surface area contributed by atoms with Crippen LogP contribution in [-0.4, -0.2) is 38.4 Å². The van der Waals surface area contributed by atoms with Crippen molar-refractivity contribution in [3.8, 4) is 0 Å². The van der Waals surface area contributed by atoms with Crippen molar-refractivity contribution in [1.82, 2.24) is 9.62 Å². The molecule has 0 saturated heterocycles. The van der Waals surface area contributed by atoms with Crippen LogP contribution < -0.4 is 4.72 Å². The van der Waals surface area contributed by atoms with Crippen LogP contribution in [0.25, 0.3) is 0 Å². The molecule has 1 unspecified atom stereocenters. The van der Waals surface area contributed by atoms with Gasteiger partial charge in [0.25, 0.3) is 0 Å². The van der Waals surface area contributed by atoms with Gasteiger partial charge in [0.1, 0.15) is 16.8 Å². The summed E-state index contributed by atoms with van der Waals surface area (Å²) < 4.78 is 41.2. The van der Waals surface area contributed by atoms with Crippen LogP contribution in [0.1, 0.15) is 40.5 Å². The van der Waals surface area contributed by atoms with Gasteiger partial charge < -0.3 is 4.90 Å². The van der Waals surface area contributed by atoms with E-state index in [-0.39, 0.29) is 11.8 Å². The molecular formula is C17H27FN2O3S. The Bertz CT molecular complexity index is 641. The first-order valence-corrected chi connectivity index (χ1v) is 9.78. The Labute approximate surface area is 144 Å². The van der Waals surface area contributed by atoms with Gasteiger partial charge in [-0.2, -0.15) is 4.72 Å². The number of carbonyl (C=O) groups is 1. The molecule has 5 nitrogen and oxygen atoms in total. The molecule has 1 aromatic rings. The molecule has 1 atom stereocenters. The lowest BCUT2D eigenvalue weighted by molar-refractivity contribution is -0.134. The van der Waals surface area contributed by atoms with Gasteiger partial charge in [0.2, 0.25) is 15.9 Å². The Balaban J connectivity index is 3.09. The SMILES string of the molecule is CCCN(CCC)C(=O)C(NS(=O)(=O)c1ccccc1F)C(C)C. The summed E-state index contributed by atoms with van der Waals surface area (Å²) in [6, 6.07) is 4.22. The van der Waals surface area contributed by atoms with Crippen molar-refractivity contribution < 1.29 is 17.6 Å². The Hall–Kier alpha value is -1.47. The molecule has 1 aromatic carbocycles. The molecule has 1 rings (SSSR count). The quantitative estimate of drug-likeness (QED) is 0.738. The maximum Gasteiger partial charge on any atom is 0.244 e. The molecule has 0 aliphatic rings. The molecule has 0 aromatic heterocycles. The van der Waals surface area contributed by atoms with E-state index in [1.165, 1.54) is 18.2 Å². The molecule has 0 heterocycles. The third-order valence-electron chi connectivity index (χ3n) is 3.64. The molecule has 0 spiro atoms. The third-order valence-corrected chi connectivity index (χ3v) is 5.11. The zero-order valence-corrected chi connectivity index (χ0v) is 15.6. The van der Waals surface area contributed by atoms with Crippen LogP contribution in [-0.2, 0) is 14.8 Å². The van der Waals surface area contributed by atoms with E-state index >= 15 is 0 Å². The van der Waals surface area contributed by atoms with Crippen LogP contribution in [0.4, 0.5) is 4.39 Å². The van der Waals surface area contributed by atoms with E-state index in [0.29, 0.717) is 13.1 Å². The number of nitrogens with zero attached hydrogens (tertiary/aromatic N) is 1. The highest BCUT2D eigenvalue weighted by Gasteiger charge is 2.32. The van der Waals surface area contributed by atoms with Gasteiger partial charge in [0, 0.05) is 13.1 Å². The van der Waals surface area contributed by atoms with Crippen molar-refractivity contribution in [3.05, 3.63) is 30.1 Å². The Morgan fingerprint density at radius 1 is 1.17 bits per heavy atom. The second kappa shape index (κ2) is 9.13. The minimum absolute atomic E-state index is 0.254. The average Bonchev–Trinajstić information content (AvgIpc) is 2.52. The first-order valence-electron chi connectivity index (χ1n) is 8.30. The molecule has 1 amide bonds. The molecule has 24 heavy (non-hydrogen) atoms. The van der Waals surface area contributed by atoms with Gasteiger partial charge in [0.15, 0.2) is 0 Å². The molecule has 136 valence electrons. The summed E-state index contributed by atoms with van der Waals surface area (Å²) >= 11 is 0. The standard InChI is InChI=1S/C17H27FN2O3S/c1-5-11-20(12-6-2)17(21)16(13(3)4)19-24(22,23)15-10-8-7-9-14(15)18/h7-10,13,16,19H,5-6,11-12H2,1-4H3. The topological polar surface area (TPSA) is 66.5 Å². The third kappa shape index (κ3) is 5.27. The smallest absolute Gasteiger partial charge is 0.244 e. The normalized spacial score (nSPS) is 13.1. The number of amides is 1. The van der Waals surface area contributed by atoms with Gasteiger partial charge >= 0.3 is 0 Å². The summed E-state index contributed by atoms with van der Waals surface area (Å²) in [6.45, 7) is 8.59. The monoisotopic (exact) mass is 358 g/mol. The van der Waals surface area contributed by atoms with Crippen molar-refractivity contribution in [3.63, 3.8) is 0 Å². The van der Waals surface area contributed by atoms with Crippen LogP contribution in [0, 0.1) is 11.7 Å². The second-order valence-electron chi connectivity index (χ2n) is 6.10. The number of hydrogen-bond donors (Lipinski definition) is 1. The van der Waals surface area contributed by atoms with Crippen molar-refractivity contribution in [2.75, 3.05) is 13.1 Å². The summed E-state index contributed by atoms with van der Waals surface area (Å²) in [4.78, 5) is 14.0. The molecule has 0 fully saturated rings. The van der Waals surface area contributed by atoms with Gasteiger partial charge in [-0.25, -0.2) is 12.8 Å². The fourth-order valence-electron chi connectivity index (χ4n) is 2.43. The van der Waals surface area contributed by atoms with Gasteiger partial charge in [0.05, 0.1) is 0 Å². The van der Waals surface area contributed by atoms with E-state index < -0.39 is 26.8 Å². The Morgan fingerprint density at radius 3 is 2.17 bits per heavy atom. The van der Waals surface area contributed by atoms with Crippen molar-refractivity contribution in [2.24, 2.45) is 5.92 Å². The number of halogens is 1. The van der Waals surface area contributed by atoms with Crippen LogP contribution >= 0.6 is 0 Å². The van der Waals surface area contributed by atoms with E-state index in [1.54, 1.807) is 18.7 Å². The highest BCUT2D eigenvalue weighted by molar-refractivity contribution is 7.89. The van der Waals surface area contributed by atoms with Crippen LogP contribution in [0.3, 0.4) is 0 Å². The minimum atomic E-state index is -4.12. The number of sulfonamides is 1. The first-order chi connectivity index (χ1) is 11.2. The summed E-state index contributed by atoms with van der Waals surface area (Å²) in [5.41, 5.74) is 0. The van der Waals surface area contributed by atoms with Gasteiger partial charge in [-0.1, -0.05) is 39.8 Å². The van der Waals surface area contributed by atoms with E-state index in [9.17, 15) is 17.6 Å². The molecule has 0 saturated carbocycles. The molecule has 0 radical (unpaired) electrons. The molecule has 0 bridgehead atoms. The fraction of sp³-hybridized carbons (Fsp3) is 0.588. The lowest BCUT2D eigenvalue weighted by Crippen LogP contribution is -2.51.